The SMILES string of the molecule is CCOC(=O)c1ccc(CN2C(=O)CCC2=O)cc1. The van der Waals surface area contributed by atoms with Crippen molar-refractivity contribution in [2.45, 2.75) is 26.3 Å². The molecule has 2 amide bonds. The van der Waals surface area contributed by atoms with Crippen LogP contribution in [-0.4, -0.2) is 29.3 Å². The molecular formula is C14H15NO4. The molecule has 0 spiro atoms. The summed E-state index contributed by atoms with van der Waals surface area (Å²) in [6, 6.07) is 6.73. The number of imide groups is 1. The first-order chi connectivity index (χ1) is 9.11. The Morgan fingerprint density at radius 2 is 1.74 bits per heavy atom. The van der Waals surface area contributed by atoms with E-state index in [2.05, 4.69) is 0 Å². The zero-order valence-corrected chi connectivity index (χ0v) is 10.7. The lowest BCUT2D eigenvalue weighted by molar-refractivity contribution is -0.139. The third-order valence-electron chi connectivity index (χ3n) is 2.96. The number of likely N-dealkylation sites (tertiary alicyclic amines) is 1. The summed E-state index contributed by atoms with van der Waals surface area (Å²) in [5.74, 6) is -0.652. The van der Waals surface area contributed by atoms with Gasteiger partial charge in [-0.25, -0.2) is 4.79 Å². The molecule has 0 aromatic heterocycles. The van der Waals surface area contributed by atoms with Crippen LogP contribution < -0.4 is 0 Å². The minimum absolute atomic E-state index is 0.139. The van der Waals surface area contributed by atoms with Gasteiger partial charge >= 0.3 is 5.97 Å². The Hall–Kier alpha value is -2.17. The highest BCUT2D eigenvalue weighted by atomic mass is 16.5. The summed E-state index contributed by atoms with van der Waals surface area (Å²) in [6.45, 7) is 2.34. The largest absolute Gasteiger partial charge is 0.462 e. The van der Waals surface area contributed by atoms with Crippen molar-refractivity contribution < 1.29 is 19.1 Å². The number of hydrogen-bond acceptors (Lipinski definition) is 4. The number of nitrogens with zero attached hydrogens (tertiary/aromatic N) is 1. The van der Waals surface area contributed by atoms with Gasteiger partial charge in [0, 0.05) is 12.8 Å². The van der Waals surface area contributed by atoms with Crippen molar-refractivity contribution in [1.29, 1.82) is 0 Å². The van der Waals surface area contributed by atoms with Crippen LogP contribution in [0, 0.1) is 0 Å². The summed E-state index contributed by atoms with van der Waals surface area (Å²) in [4.78, 5) is 35.7. The van der Waals surface area contributed by atoms with E-state index < -0.39 is 0 Å². The van der Waals surface area contributed by atoms with Gasteiger partial charge in [-0.3, -0.25) is 14.5 Å². The lowest BCUT2D eigenvalue weighted by atomic mass is 10.1. The van der Waals surface area contributed by atoms with E-state index in [0.29, 0.717) is 25.0 Å². The van der Waals surface area contributed by atoms with Crippen LogP contribution in [0.4, 0.5) is 0 Å². The monoisotopic (exact) mass is 261 g/mol. The number of amides is 2. The summed E-state index contributed by atoms with van der Waals surface area (Å²) in [7, 11) is 0. The first-order valence-corrected chi connectivity index (χ1v) is 6.21. The third kappa shape index (κ3) is 2.99. The molecule has 0 saturated carbocycles. The van der Waals surface area contributed by atoms with Gasteiger partial charge in [0.25, 0.3) is 0 Å². The minimum Gasteiger partial charge on any atom is -0.462 e. The van der Waals surface area contributed by atoms with E-state index in [1.807, 2.05) is 0 Å². The zero-order chi connectivity index (χ0) is 13.8. The van der Waals surface area contributed by atoms with Crippen LogP contribution in [-0.2, 0) is 20.9 Å². The Kier molecular flexibility index (Phi) is 3.94. The predicted octanol–water partition coefficient (Wildman–Crippen LogP) is 1.51. The fourth-order valence-electron chi connectivity index (χ4n) is 1.94. The van der Waals surface area contributed by atoms with Crippen LogP contribution in [0.5, 0.6) is 0 Å². The standard InChI is InChI=1S/C14H15NO4/c1-2-19-14(18)11-5-3-10(4-6-11)9-15-12(16)7-8-13(15)17/h3-6H,2,7-9H2,1H3. The molecular weight excluding hydrogens is 246 g/mol. The summed E-state index contributed by atoms with van der Waals surface area (Å²) < 4.78 is 4.88. The summed E-state index contributed by atoms with van der Waals surface area (Å²) in [6.07, 6.45) is 0.583. The van der Waals surface area contributed by atoms with Crippen LogP contribution in [0.3, 0.4) is 0 Å². The fraction of sp³-hybridized carbons (Fsp3) is 0.357. The molecule has 0 radical (unpaired) electrons. The van der Waals surface area contributed by atoms with Crippen molar-refractivity contribution in [2.75, 3.05) is 6.61 Å². The molecule has 2 rings (SSSR count). The van der Waals surface area contributed by atoms with E-state index in [4.69, 9.17) is 4.74 Å². The normalized spacial score (nSPS) is 14.9. The summed E-state index contributed by atoms with van der Waals surface area (Å²) in [5, 5.41) is 0. The highest BCUT2D eigenvalue weighted by molar-refractivity contribution is 6.01. The maximum atomic E-state index is 11.5. The fourth-order valence-corrected chi connectivity index (χ4v) is 1.94. The number of carbonyl (C=O) groups is 3. The van der Waals surface area contributed by atoms with Crippen LogP contribution in [0.1, 0.15) is 35.7 Å². The van der Waals surface area contributed by atoms with Crippen molar-refractivity contribution in [3.63, 3.8) is 0 Å². The molecule has 5 nitrogen and oxygen atoms in total. The van der Waals surface area contributed by atoms with Gasteiger partial charge in [-0.05, 0) is 24.6 Å². The smallest absolute Gasteiger partial charge is 0.338 e. The zero-order valence-electron chi connectivity index (χ0n) is 10.7. The molecule has 1 aromatic rings. The van der Waals surface area contributed by atoms with Gasteiger partial charge in [-0.1, -0.05) is 12.1 Å². The second-order valence-corrected chi connectivity index (χ2v) is 4.29. The highest BCUT2D eigenvalue weighted by Gasteiger charge is 2.28. The molecule has 1 aromatic carbocycles. The maximum absolute atomic E-state index is 11.5. The Labute approximate surface area is 111 Å². The molecule has 1 aliphatic rings. The van der Waals surface area contributed by atoms with Crippen molar-refractivity contribution in [3.8, 4) is 0 Å². The first kappa shape index (κ1) is 13.3. The van der Waals surface area contributed by atoms with E-state index in [-0.39, 0.29) is 24.3 Å². The molecule has 0 aliphatic carbocycles. The lowest BCUT2D eigenvalue weighted by Gasteiger charge is -2.13. The second kappa shape index (κ2) is 5.65. The van der Waals surface area contributed by atoms with E-state index in [9.17, 15) is 14.4 Å². The van der Waals surface area contributed by atoms with E-state index in [1.165, 1.54) is 4.90 Å². The molecule has 0 unspecified atom stereocenters. The highest BCUT2D eigenvalue weighted by Crippen LogP contribution is 2.16. The lowest BCUT2D eigenvalue weighted by Crippen LogP contribution is -2.28. The predicted molar refractivity (Wildman–Crippen MR) is 67.2 cm³/mol. The average molecular weight is 261 g/mol. The van der Waals surface area contributed by atoms with Crippen LogP contribution >= 0.6 is 0 Å². The Morgan fingerprint density at radius 1 is 1.16 bits per heavy atom. The Morgan fingerprint density at radius 3 is 2.26 bits per heavy atom. The van der Waals surface area contributed by atoms with Gasteiger partial charge in [0.15, 0.2) is 0 Å². The quantitative estimate of drug-likeness (QED) is 0.609. The minimum atomic E-state index is -0.373. The van der Waals surface area contributed by atoms with Gasteiger partial charge in [-0.15, -0.1) is 0 Å². The van der Waals surface area contributed by atoms with Gasteiger partial charge in [0.05, 0.1) is 18.7 Å². The molecule has 1 saturated heterocycles. The van der Waals surface area contributed by atoms with Crippen LogP contribution in [0.25, 0.3) is 0 Å². The topological polar surface area (TPSA) is 63.7 Å². The van der Waals surface area contributed by atoms with Crippen molar-refractivity contribution in [3.05, 3.63) is 35.4 Å². The number of hydrogen-bond donors (Lipinski definition) is 0. The molecule has 5 heteroatoms. The molecule has 0 bridgehead atoms. The molecule has 0 atom stereocenters. The molecule has 100 valence electrons. The summed E-state index contributed by atoms with van der Waals surface area (Å²) >= 11 is 0. The number of esters is 1. The molecule has 1 aliphatic heterocycles. The first-order valence-electron chi connectivity index (χ1n) is 6.21. The van der Waals surface area contributed by atoms with Crippen molar-refractivity contribution in [2.24, 2.45) is 0 Å². The van der Waals surface area contributed by atoms with Crippen LogP contribution in [0.2, 0.25) is 0 Å². The van der Waals surface area contributed by atoms with Gasteiger partial charge < -0.3 is 4.74 Å². The second-order valence-electron chi connectivity index (χ2n) is 4.29. The molecule has 1 heterocycles. The van der Waals surface area contributed by atoms with E-state index in [1.54, 1.807) is 31.2 Å². The third-order valence-corrected chi connectivity index (χ3v) is 2.96. The molecule has 0 N–H and O–H groups in total. The van der Waals surface area contributed by atoms with Crippen molar-refractivity contribution >= 4 is 17.8 Å². The number of benzene rings is 1. The Balaban J connectivity index is 2.04. The van der Waals surface area contributed by atoms with Gasteiger partial charge in [0.1, 0.15) is 0 Å². The van der Waals surface area contributed by atoms with E-state index in [0.717, 1.165) is 5.56 Å². The number of ether oxygens (including phenoxy) is 1. The van der Waals surface area contributed by atoms with Gasteiger partial charge in [-0.2, -0.15) is 0 Å². The van der Waals surface area contributed by atoms with Gasteiger partial charge in [0.2, 0.25) is 11.8 Å². The summed E-state index contributed by atoms with van der Waals surface area (Å²) in [5.41, 5.74) is 1.28. The number of rotatable bonds is 4. The average Bonchev–Trinajstić information content (AvgIpc) is 2.72. The maximum Gasteiger partial charge on any atom is 0.338 e. The Bertz CT molecular complexity index is 491. The molecule has 1 fully saturated rings. The van der Waals surface area contributed by atoms with E-state index >= 15 is 0 Å². The van der Waals surface area contributed by atoms with Crippen molar-refractivity contribution in [1.82, 2.24) is 4.90 Å². The van der Waals surface area contributed by atoms with Crippen LogP contribution in [0.15, 0.2) is 24.3 Å². The number of carbonyl (C=O) groups excluding carboxylic acids is 3. The molecule has 19 heavy (non-hydrogen) atoms.